The maximum Gasteiger partial charge on any atom is 0.303 e. The monoisotopic (exact) mass is 321 g/mol. The van der Waals surface area contributed by atoms with Crippen molar-refractivity contribution in [2.45, 2.75) is 33.0 Å². The molecule has 3 N–H and O–H groups in total. The lowest BCUT2D eigenvalue weighted by atomic mass is 10.1. The summed E-state index contributed by atoms with van der Waals surface area (Å²) < 4.78 is 10.2. The third kappa shape index (κ3) is 3.78. The maximum atomic E-state index is 11.9. The SMILES string of the molecule is CC(=O)OC(C)[C@H](OC(C)=O)c1cnc2nc(N)[nH]c(=O)c2n1. The number of ether oxygens (including phenoxy) is 2. The van der Waals surface area contributed by atoms with Crippen molar-refractivity contribution in [3.05, 3.63) is 22.2 Å². The van der Waals surface area contributed by atoms with E-state index in [4.69, 9.17) is 15.2 Å². The number of hydrogen-bond acceptors (Lipinski definition) is 9. The Kier molecular flexibility index (Phi) is 4.53. The van der Waals surface area contributed by atoms with Crippen molar-refractivity contribution in [3.8, 4) is 0 Å². The molecular weight excluding hydrogens is 306 g/mol. The summed E-state index contributed by atoms with van der Waals surface area (Å²) in [6.07, 6.45) is -0.545. The highest BCUT2D eigenvalue weighted by Gasteiger charge is 2.27. The number of carbonyl (C=O) groups excluding carboxylic acids is 2. The molecule has 0 spiro atoms. The third-order valence-electron chi connectivity index (χ3n) is 2.82. The number of rotatable bonds is 4. The molecule has 0 aliphatic heterocycles. The Morgan fingerprint density at radius 2 is 1.87 bits per heavy atom. The van der Waals surface area contributed by atoms with Crippen molar-refractivity contribution in [2.75, 3.05) is 5.73 Å². The summed E-state index contributed by atoms with van der Waals surface area (Å²) in [5, 5.41) is 0. The maximum absolute atomic E-state index is 11.9. The zero-order chi connectivity index (χ0) is 17.1. The largest absolute Gasteiger partial charge is 0.458 e. The van der Waals surface area contributed by atoms with Gasteiger partial charge in [-0.1, -0.05) is 0 Å². The van der Waals surface area contributed by atoms with Crippen LogP contribution in [0.15, 0.2) is 11.0 Å². The molecular formula is C13H15N5O5. The molecule has 23 heavy (non-hydrogen) atoms. The Morgan fingerprint density at radius 1 is 1.22 bits per heavy atom. The van der Waals surface area contributed by atoms with Gasteiger partial charge in [-0.3, -0.25) is 19.4 Å². The van der Waals surface area contributed by atoms with E-state index in [-0.39, 0.29) is 22.8 Å². The third-order valence-corrected chi connectivity index (χ3v) is 2.82. The molecule has 2 heterocycles. The molecule has 0 saturated heterocycles. The van der Waals surface area contributed by atoms with Crippen LogP contribution in [0.4, 0.5) is 5.95 Å². The molecule has 2 atom stereocenters. The van der Waals surface area contributed by atoms with E-state index in [0.29, 0.717) is 0 Å². The van der Waals surface area contributed by atoms with Gasteiger partial charge in [0.2, 0.25) is 5.95 Å². The minimum Gasteiger partial charge on any atom is -0.458 e. The van der Waals surface area contributed by atoms with Crippen LogP contribution >= 0.6 is 0 Å². The van der Waals surface area contributed by atoms with Gasteiger partial charge in [0.25, 0.3) is 5.56 Å². The summed E-state index contributed by atoms with van der Waals surface area (Å²) in [4.78, 5) is 48.5. The number of nitrogens with two attached hydrogens (primary N) is 1. The number of hydrogen-bond donors (Lipinski definition) is 2. The topological polar surface area (TPSA) is 150 Å². The van der Waals surface area contributed by atoms with E-state index in [1.165, 1.54) is 27.0 Å². The first-order chi connectivity index (χ1) is 10.8. The first kappa shape index (κ1) is 16.3. The van der Waals surface area contributed by atoms with Gasteiger partial charge in [0.15, 0.2) is 17.3 Å². The highest BCUT2D eigenvalue weighted by molar-refractivity contribution is 5.70. The fourth-order valence-corrected chi connectivity index (χ4v) is 1.98. The van der Waals surface area contributed by atoms with Gasteiger partial charge in [0, 0.05) is 13.8 Å². The number of aromatic nitrogens is 4. The van der Waals surface area contributed by atoms with Crippen molar-refractivity contribution < 1.29 is 19.1 Å². The lowest BCUT2D eigenvalue weighted by Crippen LogP contribution is -2.27. The van der Waals surface area contributed by atoms with Crippen molar-refractivity contribution in [2.24, 2.45) is 0 Å². The van der Waals surface area contributed by atoms with Crippen molar-refractivity contribution in [1.29, 1.82) is 0 Å². The number of nitrogen functional groups attached to an aromatic ring is 1. The first-order valence-corrected chi connectivity index (χ1v) is 6.64. The number of aromatic amines is 1. The summed E-state index contributed by atoms with van der Waals surface area (Å²) in [7, 11) is 0. The Hall–Kier alpha value is -3.04. The van der Waals surface area contributed by atoms with Crippen molar-refractivity contribution in [3.63, 3.8) is 0 Å². The smallest absolute Gasteiger partial charge is 0.303 e. The molecule has 0 aliphatic rings. The van der Waals surface area contributed by atoms with E-state index in [1.807, 2.05) is 0 Å². The molecule has 0 bridgehead atoms. The quantitative estimate of drug-likeness (QED) is 0.732. The van der Waals surface area contributed by atoms with Crippen molar-refractivity contribution in [1.82, 2.24) is 19.9 Å². The zero-order valence-corrected chi connectivity index (χ0v) is 12.7. The van der Waals surface area contributed by atoms with E-state index in [9.17, 15) is 14.4 Å². The molecule has 10 nitrogen and oxygen atoms in total. The van der Waals surface area contributed by atoms with Crippen LogP contribution in [-0.4, -0.2) is 38.0 Å². The van der Waals surface area contributed by atoms with E-state index in [1.54, 1.807) is 0 Å². The molecule has 0 amide bonds. The number of fused-ring (bicyclic) bond motifs is 1. The van der Waals surface area contributed by atoms with Crippen LogP contribution in [0.25, 0.3) is 11.2 Å². The minimum atomic E-state index is -1.01. The molecule has 0 radical (unpaired) electrons. The van der Waals surface area contributed by atoms with Crippen LogP contribution in [0, 0.1) is 0 Å². The summed E-state index contributed by atoms with van der Waals surface area (Å²) >= 11 is 0. The first-order valence-electron chi connectivity index (χ1n) is 6.64. The highest BCUT2D eigenvalue weighted by Crippen LogP contribution is 2.22. The number of nitrogens with one attached hydrogen (secondary N) is 1. The molecule has 0 fully saturated rings. The zero-order valence-electron chi connectivity index (χ0n) is 12.7. The number of nitrogens with zero attached hydrogens (tertiary/aromatic N) is 3. The van der Waals surface area contributed by atoms with Gasteiger partial charge in [0.05, 0.1) is 6.20 Å². The van der Waals surface area contributed by atoms with Gasteiger partial charge in [-0.15, -0.1) is 0 Å². The second-order valence-electron chi connectivity index (χ2n) is 4.76. The molecule has 0 aliphatic carbocycles. The van der Waals surface area contributed by atoms with Crippen molar-refractivity contribution >= 4 is 29.1 Å². The molecule has 2 aromatic rings. The molecule has 0 aromatic carbocycles. The number of H-pyrrole nitrogens is 1. The van der Waals surface area contributed by atoms with Gasteiger partial charge < -0.3 is 15.2 Å². The van der Waals surface area contributed by atoms with Crippen LogP contribution in [0.5, 0.6) is 0 Å². The number of anilines is 1. The predicted molar refractivity (Wildman–Crippen MR) is 78.1 cm³/mol. The van der Waals surface area contributed by atoms with E-state index < -0.39 is 29.7 Å². The average Bonchev–Trinajstić information content (AvgIpc) is 2.43. The molecule has 2 aromatic heterocycles. The Bertz CT molecular complexity index is 818. The van der Waals surface area contributed by atoms with Crippen LogP contribution in [-0.2, 0) is 19.1 Å². The fourth-order valence-electron chi connectivity index (χ4n) is 1.98. The predicted octanol–water partition coefficient (Wildman–Crippen LogP) is -0.149. The molecule has 10 heteroatoms. The van der Waals surface area contributed by atoms with E-state index in [2.05, 4.69) is 19.9 Å². The number of carbonyl (C=O) groups is 2. The van der Waals surface area contributed by atoms with E-state index in [0.717, 1.165) is 0 Å². The normalized spacial score (nSPS) is 13.3. The molecule has 1 unspecified atom stereocenters. The van der Waals surface area contributed by atoms with Gasteiger partial charge in [-0.25, -0.2) is 9.97 Å². The molecule has 2 rings (SSSR count). The Balaban J connectivity index is 2.49. The second kappa shape index (κ2) is 6.38. The minimum absolute atomic E-state index is 0.0525. The lowest BCUT2D eigenvalue weighted by molar-refractivity contribution is -0.164. The highest BCUT2D eigenvalue weighted by atomic mass is 16.6. The standard InChI is InChI=1S/C13H15N5O5/c1-5(22-6(2)19)10(23-7(3)20)8-4-15-11-9(16-8)12(21)18-13(14)17-11/h4-5,10H,1-3H3,(H3,14,15,17,18,21)/t5?,10-/m0/s1. The van der Waals surface area contributed by atoms with Crippen LogP contribution in [0.1, 0.15) is 32.6 Å². The number of esters is 2. The van der Waals surface area contributed by atoms with Gasteiger partial charge in [0.1, 0.15) is 11.8 Å². The Morgan fingerprint density at radius 3 is 2.48 bits per heavy atom. The summed E-state index contributed by atoms with van der Waals surface area (Å²) in [6.45, 7) is 3.97. The summed E-state index contributed by atoms with van der Waals surface area (Å²) in [5.74, 6) is -1.23. The van der Waals surface area contributed by atoms with Crippen LogP contribution in [0.2, 0.25) is 0 Å². The fraction of sp³-hybridized carbons (Fsp3) is 0.385. The van der Waals surface area contributed by atoms with E-state index >= 15 is 0 Å². The summed E-state index contributed by atoms with van der Waals surface area (Å²) in [5.41, 5.74) is 4.99. The van der Waals surface area contributed by atoms with Crippen LogP contribution < -0.4 is 11.3 Å². The van der Waals surface area contributed by atoms with Gasteiger partial charge in [-0.05, 0) is 6.92 Å². The van der Waals surface area contributed by atoms with Crippen LogP contribution in [0.3, 0.4) is 0 Å². The van der Waals surface area contributed by atoms with Gasteiger partial charge in [-0.2, -0.15) is 4.98 Å². The Labute approximate surface area is 130 Å². The second-order valence-corrected chi connectivity index (χ2v) is 4.76. The molecule has 0 saturated carbocycles. The average molecular weight is 321 g/mol. The van der Waals surface area contributed by atoms with Gasteiger partial charge >= 0.3 is 11.9 Å². The lowest BCUT2D eigenvalue weighted by Gasteiger charge is -2.22. The molecule has 122 valence electrons. The summed E-state index contributed by atoms with van der Waals surface area (Å²) in [6, 6.07) is 0.